The van der Waals surface area contributed by atoms with E-state index in [9.17, 15) is 14.4 Å². The summed E-state index contributed by atoms with van der Waals surface area (Å²) in [5.74, 6) is -1.64. The average molecular weight is 489 g/mol. The summed E-state index contributed by atoms with van der Waals surface area (Å²) in [6, 6.07) is 17.7. The number of hydrogen-bond donors (Lipinski definition) is 3. The van der Waals surface area contributed by atoms with Crippen LogP contribution in [0.3, 0.4) is 0 Å². The maximum atomic E-state index is 12.5. The van der Waals surface area contributed by atoms with Gasteiger partial charge in [0.05, 0.1) is 21.4 Å². The summed E-state index contributed by atoms with van der Waals surface area (Å²) < 4.78 is 0. The van der Waals surface area contributed by atoms with Crippen molar-refractivity contribution in [2.45, 2.75) is 17.1 Å². The molecular weight excluding hydrogens is 471 g/mol. The molecule has 9 heteroatoms. The van der Waals surface area contributed by atoms with Crippen molar-refractivity contribution in [2.75, 3.05) is 10.6 Å². The number of nitrogens with one attached hydrogen (secondary N) is 2. The average Bonchev–Trinajstić information content (AvgIpc) is 2.74. The number of carbonyl (C=O) groups excluding carboxylic acids is 2. The SMILES string of the molecule is CC(Sc1cccc(NC(=O)c2ccc(Cl)cc2Cl)c1)C(=O)Nc1ccc(C(=O)O)cc1. The van der Waals surface area contributed by atoms with Crippen LogP contribution < -0.4 is 10.6 Å². The third-order valence-corrected chi connectivity index (χ3v) is 5.99. The Hall–Kier alpha value is -3.00. The van der Waals surface area contributed by atoms with Crippen molar-refractivity contribution in [3.8, 4) is 0 Å². The molecule has 0 saturated heterocycles. The molecule has 0 aliphatic carbocycles. The maximum absolute atomic E-state index is 12.5. The maximum Gasteiger partial charge on any atom is 0.335 e. The van der Waals surface area contributed by atoms with Gasteiger partial charge in [0, 0.05) is 21.3 Å². The second-order valence-corrected chi connectivity index (χ2v) is 9.00. The molecule has 6 nitrogen and oxygen atoms in total. The van der Waals surface area contributed by atoms with Crippen LogP contribution in [0.15, 0.2) is 71.6 Å². The van der Waals surface area contributed by atoms with Gasteiger partial charge in [-0.05, 0) is 67.6 Å². The Bertz CT molecular complexity index is 1170. The zero-order chi connectivity index (χ0) is 23.3. The molecule has 0 aromatic heterocycles. The Balaban J connectivity index is 1.62. The first-order valence-corrected chi connectivity index (χ1v) is 11.0. The van der Waals surface area contributed by atoms with Gasteiger partial charge in [0.25, 0.3) is 5.91 Å². The summed E-state index contributed by atoms with van der Waals surface area (Å²) >= 11 is 13.3. The highest BCUT2D eigenvalue weighted by molar-refractivity contribution is 8.00. The van der Waals surface area contributed by atoms with E-state index in [4.69, 9.17) is 28.3 Å². The molecule has 3 aromatic carbocycles. The van der Waals surface area contributed by atoms with Crippen molar-refractivity contribution in [3.63, 3.8) is 0 Å². The van der Waals surface area contributed by atoms with Gasteiger partial charge in [0.2, 0.25) is 5.91 Å². The first-order valence-electron chi connectivity index (χ1n) is 9.40. The largest absolute Gasteiger partial charge is 0.478 e. The fourth-order valence-corrected chi connectivity index (χ4v) is 4.14. The van der Waals surface area contributed by atoms with Gasteiger partial charge in [-0.25, -0.2) is 4.79 Å². The van der Waals surface area contributed by atoms with Crippen LogP contribution in [-0.2, 0) is 4.79 Å². The molecule has 2 amide bonds. The van der Waals surface area contributed by atoms with E-state index >= 15 is 0 Å². The number of carboxylic acid groups (broad SMARTS) is 1. The third-order valence-electron chi connectivity index (χ3n) is 4.35. The highest BCUT2D eigenvalue weighted by atomic mass is 35.5. The molecule has 1 atom stereocenters. The lowest BCUT2D eigenvalue weighted by Gasteiger charge is -2.13. The first-order chi connectivity index (χ1) is 15.2. The van der Waals surface area contributed by atoms with E-state index in [1.54, 1.807) is 37.3 Å². The van der Waals surface area contributed by atoms with Gasteiger partial charge in [-0.2, -0.15) is 0 Å². The van der Waals surface area contributed by atoms with Crippen LogP contribution in [-0.4, -0.2) is 28.1 Å². The molecule has 164 valence electrons. The normalized spacial score (nSPS) is 11.5. The quantitative estimate of drug-likeness (QED) is 0.351. The molecule has 0 aliphatic rings. The van der Waals surface area contributed by atoms with Crippen LogP contribution in [0.1, 0.15) is 27.6 Å². The second-order valence-electron chi connectivity index (χ2n) is 6.74. The molecular formula is C23H18Cl2N2O4S. The molecule has 3 rings (SSSR count). The highest BCUT2D eigenvalue weighted by Crippen LogP contribution is 2.28. The minimum Gasteiger partial charge on any atom is -0.478 e. The van der Waals surface area contributed by atoms with Crippen molar-refractivity contribution in [1.29, 1.82) is 0 Å². The summed E-state index contributed by atoms with van der Waals surface area (Å²) in [5.41, 5.74) is 1.51. The predicted molar refractivity (Wildman–Crippen MR) is 128 cm³/mol. The number of benzene rings is 3. The molecule has 3 aromatic rings. The summed E-state index contributed by atoms with van der Waals surface area (Å²) in [7, 11) is 0. The zero-order valence-electron chi connectivity index (χ0n) is 16.8. The van der Waals surface area contributed by atoms with Gasteiger partial charge < -0.3 is 15.7 Å². The summed E-state index contributed by atoms with van der Waals surface area (Å²) in [6.45, 7) is 1.75. The van der Waals surface area contributed by atoms with Crippen LogP contribution in [0, 0.1) is 0 Å². The zero-order valence-corrected chi connectivity index (χ0v) is 19.1. The van der Waals surface area contributed by atoms with Crippen LogP contribution in [0.25, 0.3) is 0 Å². The summed E-state index contributed by atoms with van der Waals surface area (Å²) in [5, 5.41) is 14.7. The molecule has 1 unspecified atom stereocenters. The van der Waals surface area contributed by atoms with Gasteiger partial charge in [0.1, 0.15) is 0 Å². The van der Waals surface area contributed by atoms with Crippen LogP contribution >= 0.6 is 35.0 Å². The molecule has 0 aliphatic heterocycles. The molecule has 0 spiro atoms. The van der Waals surface area contributed by atoms with Crippen molar-refractivity contribution in [2.24, 2.45) is 0 Å². The fraction of sp³-hybridized carbons (Fsp3) is 0.0870. The smallest absolute Gasteiger partial charge is 0.335 e. The number of thioether (sulfide) groups is 1. The molecule has 0 heterocycles. The number of rotatable bonds is 7. The van der Waals surface area contributed by atoms with Crippen LogP contribution in [0.4, 0.5) is 11.4 Å². The number of amides is 2. The van der Waals surface area contributed by atoms with Gasteiger partial charge in [-0.1, -0.05) is 29.3 Å². The lowest BCUT2D eigenvalue weighted by atomic mass is 10.2. The van der Waals surface area contributed by atoms with E-state index < -0.39 is 11.2 Å². The number of carboxylic acids is 1. The van der Waals surface area contributed by atoms with Crippen LogP contribution in [0.2, 0.25) is 10.0 Å². The van der Waals surface area contributed by atoms with E-state index in [1.165, 1.54) is 42.1 Å². The van der Waals surface area contributed by atoms with Crippen molar-refractivity contribution in [3.05, 3.63) is 87.9 Å². The Morgan fingerprint density at radius 2 is 1.62 bits per heavy atom. The molecule has 0 fully saturated rings. The Morgan fingerprint density at radius 1 is 0.906 bits per heavy atom. The number of halogens is 2. The van der Waals surface area contributed by atoms with E-state index in [0.717, 1.165) is 4.90 Å². The summed E-state index contributed by atoms with van der Waals surface area (Å²) in [4.78, 5) is 36.7. The molecule has 0 radical (unpaired) electrons. The van der Waals surface area contributed by atoms with E-state index in [2.05, 4.69) is 10.6 Å². The molecule has 0 bridgehead atoms. The van der Waals surface area contributed by atoms with Crippen molar-refractivity contribution in [1.82, 2.24) is 0 Å². The molecule has 0 saturated carbocycles. The number of aromatic carboxylic acids is 1. The number of carbonyl (C=O) groups is 3. The predicted octanol–water partition coefficient (Wildman–Crippen LogP) is 6.06. The van der Waals surface area contributed by atoms with E-state index in [-0.39, 0.29) is 22.4 Å². The van der Waals surface area contributed by atoms with Gasteiger partial charge in [-0.15, -0.1) is 11.8 Å². The standard InChI is InChI=1S/C23H18Cl2N2O4S/c1-13(21(28)26-16-8-5-14(6-9-16)23(30)31)32-18-4-2-3-17(12-18)27-22(29)19-10-7-15(24)11-20(19)25/h2-13H,1H3,(H,26,28)(H,27,29)(H,30,31). The lowest BCUT2D eigenvalue weighted by molar-refractivity contribution is -0.115. The van der Waals surface area contributed by atoms with Crippen LogP contribution in [0.5, 0.6) is 0 Å². The summed E-state index contributed by atoms with van der Waals surface area (Å²) in [6.07, 6.45) is 0. The number of anilines is 2. The van der Waals surface area contributed by atoms with Crippen molar-refractivity contribution < 1.29 is 19.5 Å². The highest BCUT2D eigenvalue weighted by Gasteiger charge is 2.16. The molecule has 32 heavy (non-hydrogen) atoms. The lowest BCUT2D eigenvalue weighted by Crippen LogP contribution is -2.22. The van der Waals surface area contributed by atoms with E-state index in [0.29, 0.717) is 22.0 Å². The topological polar surface area (TPSA) is 95.5 Å². The second kappa shape index (κ2) is 10.5. The minimum atomic E-state index is -1.03. The van der Waals surface area contributed by atoms with Gasteiger partial charge in [-0.3, -0.25) is 9.59 Å². The van der Waals surface area contributed by atoms with Crippen molar-refractivity contribution >= 4 is 64.1 Å². The Labute approximate surface area is 198 Å². The first kappa shape index (κ1) is 23.7. The molecule has 3 N–H and O–H groups in total. The fourth-order valence-electron chi connectivity index (χ4n) is 2.72. The Morgan fingerprint density at radius 3 is 2.28 bits per heavy atom. The van der Waals surface area contributed by atoms with Gasteiger partial charge >= 0.3 is 5.97 Å². The van der Waals surface area contributed by atoms with Gasteiger partial charge in [0.15, 0.2) is 0 Å². The van der Waals surface area contributed by atoms with E-state index in [1.807, 2.05) is 6.07 Å². The minimum absolute atomic E-state index is 0.143. The number of hydrogen-bond acceptors (Lipinski definition) is 4. The monoisotopic (exact) mass is 488 g/mol. The third kappa shape index (κ3) is 6.26. The Kier molecular flexibility index (Phi) is 7.80.